The molecule has 0 spiro atoms. The Morgan fingerprint density at radius 1 is 1.17 bits per heavy atom. The molecule has 35 heavy (non-hydrogen) atoms. The lowest BCUT2D eigenvalue weighted by Gasteiger charge is -2.21. The zero-order valence-corrected chi connectivity index (χ0v) is 21.3. The van der Waals surface area contributed by atoms with Crippen LogP contribution in [0, 0.1) is 18.3 Å². The summed E-state index contributed by atoms with van der Waals surface area (Å²) in [5.41, 5.74) is -0.145. The average molecular weight is 513 g/mol. The van der Waals surface area contributed by atoms with Crippen molar-refractivity contribution in [1.82, 2.24) is 4.57 Å². The molecular formula is C27H26Cl2N2O4. The van der Waals surface area contributed by atoms with Crippen LogP contribution in [0.4, 0.5) is 0 Å². The Balaban J connectivity index is 2.10. The third-order valence-corrected chi connectivity index (χ3v) is 6.46. The van der Waals surface area contributed by atoms with Crippen LogP contribution in [-0.4, -0.2) is 22.1 Å². The fourth-order valence-electron chi connectivity index (χ4n) is 3.93. The number of nitriles is 1. The first-order valence-corrected chi connectivity index (χ1v) is 12.1. The van der Waals surface area contributed by atoms with Gasteiger partial charge in [0.05, 0.1) is 28.3 Å². The van der Waals surface area contributed by atoms with Gasteiger partial charge in [0, 0.05) is 5.56 Å². The minimum Gasteiger partial charge on any atom is -0.494 e. The molecule has 0 fully saturated rings. The highest BCUT2D eigenvalue weighted by atomic mass is 35.5. The van der Waals surface area contributed by atoms with Gasteiger partial charge in [0.2, 0.25) is 5.88 Å². The number of carbonyl (C=O) groups is 1. The monoisotopic (exact) mass is 512 g/mol. The Labute approximate surface area is 214 Å². The van der Waals surface area contributed by atoms with Crippen molar-refractivity contribution in [3.8, 4) is 17.7 Å². The lowest BCUT2D eigenvalue weighted by molar-refractivity contribution is 0.103. The van der Waals surface area contributed by atoms with Crippen LogP contribution in [0.25, 0.3) is 0 Å². The van der Waals surface area contributed by atoms with Crippen LogP contribution >= 0.6 is 23.2 Å². The Bertz CT molecular complexity index is 1320. The van der Waals surface area contributed by atoms with E-state index in [1.807, 2.05) is 12.1 Å². The number of aromatic nitrogens is 1. The molecule has 6 nitrogen and oxygen atoms in total. The average Bonchev–Trinajstić information content (AvgIpc) is 2.83. The molecule has 0 saturated carbocycles. The third-order valence-electron chi connectivity index (χ3n) is 5.90. The number of carbonyl (C=O) groups excluding carboxylic acids is 1. The molecule has 0 aliphatic heterocycles. The normalized spacial score (nSPS) is 11.7. The van der Waals surface area contributed by atoms with E-state index in [4.69, 9.17) is 27.9 Å². The fourth-order valence-corrected chi connectivity index (χ4v) is 4.53. The second-order valence-corrected chi connectivity index (χ2v) is 9.04. The van der Waals surface area contributed by atoms with Crippen molar-refractivity contribution >= 4 is 29.0 Å². The molecule has 3 aromatic rings. The van der Waals surface area contributed by atoms with Crippen molar-refractivity contribution in [2.45, 2.75) is 46.1 Å². The van der Waals surface area contributed by atoms with Gasteiger partial charge in [0.1, 0.15) is 11.6 Å². The van der Waals surface area contributed by atoms with Crippen LogP contribution in [0.1, 0.15) is 71.8 Å². The molecule has 1 unspecified atom stereocenters. The van der Waals surface area contributed by atoms with Crippen molar-refractivity contribution in [2.75, 3.05) is 6.61 Å². The van der Waals surface area contributed by atoms with E-state index in [0.717, 1.165) is 29.4 Å². The number of benzene rings is 2. The van der Waals surface area contributed by atoms with Crippen molar-refractivity contribution < 1.29 is 14.6 Å². The minimum absolute atomic E-state index is 0.0867. The summed E-state index contributed by atoms with van der Waals surface area (Å²) in [4.78, 5) is 26.6. The Kier molecular flexibility index (Phi) is 8.61. The maximum Gasteiger partial charge on any atom is 0.272 e. The van der Waals surface area contributed by atoms with Crippen molar-refractivity contribution in [2.24, 2.45) is 0 Å². The lowest BCUT2D eigenvalue weighted by Crippen LogP contribution is -2.29. The fraction of sp³-hybridized carbons (Fsp3) is 0.296. The Morgan fingerprint density at radius 2 is 1.80 bits per heavy atom. The van der Waals surface area contributed by atoms with Crippen LogP contribution in [0.2, 0.25) is 10.0 Å². The topological polar surface area (TPSA) is 92.3 Å². The molecule has 0 saturated heterocycles. The molecule has 1 heterocycles. The quantitative estimate of drug-likeness (QED) is 0.262. The number of hydrogen-bond donors (Lipinski definition) is 1. The van der Waals surface area contributed by atoms with Gasteiger partial charge >= 0.3 is 0 Å². The van der Waals surface area contributed by atoms with Crippen molar-refractivity contribution in [3.63, 3.8) is 0 Å². The SMILES string of the molecule is CCCCCOc1c(Cl)cc(C(=O)c2c(C)c(C#N)c(=O)n(C(C)c3ccccc3)c2O)cc1Cl. The van der Waals surface area contributed by atoms with Crippen molar-refractivity contribution in [1.29, 1.82) is 5.26 Å². The van der Waals surface area contributed by atoms with E-state index in [0.29, 0.717) is 6.61 Å². The van der Waals surface area contributed by atoms with E-state index in [9.17, 15) is 20.0 Å². The zero-order valence-electron chi connectivity index (χ0n) is 19.8. The molecule has 0 bridgehead atoms. The highest BCUT2D eigenvalue weighted by Crippen LogP contribution is 2.36. The van der Waals surface area contributed by atoms with E-state index >= 15 is 0 Å². The molecule has 1 atom stereocenters. The molecule has 0 radical (unpaired) electrons. The van der Waals surface area contributed by atoms with E-state index in [1.54, 1.807) is 31.2 Å². The molecule has 0 amide bonds. The van der Waals surface area contributed by atoms with E-state index in [-0.39, 0.29) is 38.0 Å². The summed E-state index contributed by atoms with van der Waals surface area (Å²) in [6, 6.07) is 13.1. The number of ketones is 1. The van der Waals surface area contributed by atoms with Crippen LogP contribution in [0.5, 0.6) is 11.6 Å². The number of ether oxygens (including phenoxy) is 1. The van der Waals surface area contributed by atoms with Gasteiger partial charge in [-0.15, -0.1) is 0 Å². The second-order valence-electron chi connectivity index (χ2n) is 8.23. The van der Waals surface area contributed by atoms with Gasteiger partial charge < -0.3 is 9.84 Å². The largest absolute Gasteiger partial charge is 0.494 e. The van der Waals surface area contributed by atoms with Gasteiger partial charge in [-0.25, -0.2) is 0 Å². The zero-order chi connectivity index (χ0) is 25.7. The van der Waals surface area contributed by atoms with Gasteiger partial charge in [-0.05, 0) is 43.5 Å². The predicted octanol–water partition coefficient (Wildman–Crippen LogP) is 6.45. The van der Waals surface area contributed by atoms with E-state index < -0.39 is 23.3 Å². The number of hydrogen-bond acceptors (Lipinski definition) is 5. The van der Waals surface area contributed by atoms with E-state index in [1.165, 1.54) is 19.1 Å². The molecule has 3 rings (SSSR count). The molecule has 8 heteroatoms. The highest BCUT2D eigenvalue weighted by molar-refractivity contribution is 6.38. The number of halogens is 2. The minimum atomic E-state index is -0.678. The Morgan fingerprint density at radius 3 is 2.37 bits per heavy atom. The standard InChI is InChI=1S/C27H26Cl2N2O4/c1-4-5-9-12-35-25-21(28)13-19(14-22(25)29)24(32)23-16(2)20(15-30)26(33)31(27(23)34)17(3)18-10-7-6-8-11-18/h6-8,10-11,13-14,17,34H,4-5,9,12H2,1-3H3. The summed E-state index contributed by atoms with van der Waals surface area (Å²) in [7, 11) is 0. The molecule has 182 valence electrons. The number of aromatic hydroxyl groups is 1. The van der Waals surface area contributed by atoms with Crippen molar-refractivity contribution in [3.05, 3.63) is 90.7 Å². The summed E-state index contributed by atoms with van der Waals surface area (Å²) in [5.74, 6) is -0.867. The summed E-state index contributed by atoms with van der Waals surface area (Å²) in [6.07, 6.45) is 2.88. The smallest absolute Gasteiger partial charge is 0.272 e. The van der Waals surface area contributed by atoms with Gasteiger partial charge in [-0.1, -0.05) is 73.3 Å². The number of nitrogens with zero attached hydrogens (tertiary/aromatic N) is 2. The molecule has 0 aliphatic rings. The van der Waals surface area contributed by atoms with Gasteiger partial charge in [-0.3, -0.25) is 14.2 Å². The third kappa shape index (κ3) is 5.37. The number of pyridine rings is 1. The van der Waals surface area contributed by atoms with Gasteiger partial charge in [0.15, 0.2) is 11.5 Å². The molecular weight excluding hydrogens is 487 g/mol. The van der Waals surface area contributed by atoms with Crippen LogP contribution in [-0.2, 0) is 0 Å². The first kappa shape index (κ1) is 26.3. The highest BCUT2D eigenvalue weighted by Gasteiger charge is 2.28. The maximum atomic E-state index is 13.6. The van der Waals surface area contributed by atoms with Crippen LogP contribution in [0.15, 0.2) is 47.3 Å². The first-order valence-electron chi connectivity index (χ1n) is 11.3. The molecule has 1 N–H and O–H groups in total. The Hall–Kier alpha value is -3.27. The van der Waals surface area contributed by atoms with Crippen LogP contribution < -0.4 is 10.3 Å². The maximum absolute atomic E-state index is 13.6. The predicted molar refractivity (Wildman–Crippen MR) is 137 cm³/mol. The summed E-state index contributed by atoms with van der Waals surface area (Å²) < 4.78 is 6.75. The summed E-state index contributed by atoms with van der Waals surface area (Å²) >= 11 is 12.7. The lowest BCUT2D eigenvalue weighted by atomic mass is 9.96. The van der Waals surface area contributed by atoms with E-state index in [2.05, 4.69) is 6.92 Å². The summed E-state index contributed by atoms with van der Waals surface area (Å²) in [6.45, 7) is 5.69. The van der Waals surface area contributed by atoms with Gasteiger partial charge in [0.25, 0.3) is 5.56 Å². The molecule has 2 aromatic carbocycles. The van der Waals surface area contributed by atoms with Crippen LogP contribution in [0.3, 0.4) is 0 Å². The molecule has 1 aromatic heterocycles. The molecule has 0 aliphatic carbocycles. The second kappa shape index (κ2) is 11.4. The van der Waals surface area contributed by atoms with Gasteiger partial charge in [-0.2, -0.15) is 5.26 Å². The number of rotatable bonds is 9. The first-order chi connectivity index (χ1) is 16.7. The number of unbranched alkanes of at least 4 members (excludes halogenated alkanes) is 2. The summed E-state index contributed by atoms with van der Waals surface area (Å²) in [5, 5.41) is 21.1.